The van der Waals surface area contributed by atoms with Crippen molar-refractivity contribution in [2.75, 3.05) is 0 Å². The summed E-state index contributed by atoms with van der Waals surface area (Å²) in [7, 11) is 0. The molecule has 11 rings (SSSR count). The Morgan fingerprint density at radius 1 is 0.667 bits per heavy atom. The van der Waals surface area contributed by atoms with Crippen molar-refractivity contribution in [2.24, 2.45) is 0 Å². The molecule has 3 aromatic heterocycles. The standard InChI is InChI=1S/C48H32N4S2/c1-2-6-16-30(15-5-1)46-49-47(31-17-7-3-4-8-18-31)51-48(50-46)39-29-33(28-38-36-22-12-14-24-41(36)54-45(38)39)52-40-23-13-11-21-35(40)37-25-26-42-43(44(37)52)32-19-9-10-20-34(27-32)53-42/h1-3,5-15,17-29,32H,4,16H2. The molecule has 6 heteroatoms. The second-order valence-electron chi connectivity index (χ2n) is 13.8. The molecule has 0 amide bonds. The molecular weight excluding hydrogens is 697 g/mol. The van der Waals surface area contributed by atoms with Crippen molar-refractivity contribution in [3.05, 3.63) is 186 Å². The summed E-state index contributed by atoms with van der Waals surface area (Å²) in [4.78, 5) is 18.3. The lowest BCUT2D eigenvalue weighted by atomic mass is 9.95. The van der Waals surface area contributed by atoms with Gasteiger partial charge in [0.2, 0.25) is 0 Å². The predicted octanol–water partition coefficient (Wildman–Crippen LogP) is 13.0. The molecule has 1 atom stereocenters. The monoisotopic (exact) mass is 728 g/mol. The molecule has 54 heavy (non-hydrogen) atoms. The van der Waals surface area contributed by atoms with Crippen molar-refractivity contribution in [3.63, 3.8) is 0 Å². The van der Waals surface area contributed by atoms with Gasteiger partial charge < -0.3 is 4.57 Å². The van der Waals surface area contributed by atoms with Gasteiger partial charge in [0, 0.05) is 74.6 Å². The highest BCUT2D eigenvalue weighted by atomic mass is 32.2. The second-order valence-corrected chi connectivity index (χ2v) is 16.0. The lowest BCUT2D eigenvalue weighted by Crippen LogP contribution is -2.06. The van der Waals surface area contributed by atoms with Gasteiger partial charge in [-0.3, -0.25) is 0 Å². The SMILES string of the molecule is C1=CC=C(c2nc(C3=CC=CCC=C3)nc(-c3cc(-n4c5ccccc5c5ccc6c(c54)C4C=CC=CC(=C4)S6)cc4c3sc3ccccc34)n2)CC=C1. The molecule has 4 aliphatic rings. The molecule has 1 aliphatic heterocycles. The van der Waals surface area contributed by atoms with Crippen molar-refractivity contribution in [3.8, 4) is 17.1 Å². The van der Waals surface area contributed by atoms with Gasteiger partial charge in [-0.15, -0.1) is 11.3 Å². The number of rotatable bonds is 4. The van der Waals surface area contributed by atoms with Crippen LogP contribution in [0.1, 0.15) is 36.0 Å². The largest absolute Gasteiger partial charge is 0.309 e. The topological polar surface area (TPSA) is 43.6 Å². The van der Waals surface area contributed by atoms with E-state index < -0.39 is 0 Å². The summed E-state index contributed by atoms with van der Waals surface area (Å²) in [6.45, 7) is 0. The van der Waals surface area contributed by atoms with E-state index in [0.29, 0.717) is 17.5 Å². The van der Waals surface area contributed by atoms with Crippen LogP contribution in [0.15, 0.2) is 174 Å². The quantitative estimate of drug-likeness (QED) is 0.181. The summed E-state index contributed by atoms with van der Waals surface area (Å²) in [5.74, 6) is 2.23. The maximum atomic E-state index is 5.32. The number of para-hydroxylation sites is 1. The number of hydrogen-bond donors (Lipinski definition) is 0. The Labute approximate surface area is 321 Å². The van der Waals surface area contributed by atoms with Crippen molar-refractivity contribution < 1.29 is 0 Å². The fourth-order valence-electron chi connectivity index (χ4n) is 8.09. The number of thiophene rings is 1. The molecule has 0 spiro atoms. The second kappa shape index (κ2) is 12.8. The molecule has 4 heterocycles. The normalized spacial score (nSPS) is 17.5. The maximum Gasteiger partial charge on any atom is 0.165 e. The van der Waals surface area contributed by atoms with Crippen LogP contribution in [0.3, 0.4) is 0 Å². The number of nitrogens with zero attached hydrogens (tertiary/aromatic N) is 4. The highest BCUT2D eigenvalue weighted by Gasteiger charge is 2.27. The molecular formula is C48H32N4S2. The van der Waals surface area contributed by atoms with Gasteiger partial charge in [-0.05, 0) is 49.2 Å². The van der Waals surface area contributed by atoms with Crippen LogP contribution in [0.4, 0.5) is 0 Å². The van der Waals surface area contributed by atoms with Gasteiger partial charge in [-0.1, -0.05) is 139 Å². The lowest BCUT2D eigenvalue weighted by molar-refractivity contribution is 0.993. The van der Waals surface area contributed by atoms with Crippen molar-refractivity contribution in [1.29, 1.82) is 0 Å². The molecule has 0 saturated carbocycles. The molecule has 0 radical (unpaired) electrons. The van der Waals surface area contributed by atoms with E-state index in [1.165, 1.54) is 57.3 Å². The highest BCUT2D eigenvalue weighted by Crippen LogP contribution is 2.49. The number of thioether (sulfide) groups is 1. The smallest absolute Gasteiger partial charge is 0.165 e. The van der Waals surface area contributed by atoms with E-state index in [2.05, 4.69) is 169 Å². The molecule has 0 saturated heterocycles. The minimum atomic E-state index is 0.169. The zero-order valence-electron chi connectivity index (χ0n) is 29.2. The summed E-state index contributed by atoms with van der Waals surface area (Å²) >= 11 is 3.67. The van der Waals surface area contributed by atoms with E-state index in [9.17, 15) is 0 Å². The third kappa shape index (κ3) is 5.17. The first-order valence-corrected chi connectivity index (χ1v) is 20.0. The van der Waals surface area contributed by atoms with E-state index in [0.717, 1.165) is 35.2 Å². The van der Waals surface area contributed by atoms with E-state index in [1.54, 1.807) is 0 Å². The Balaban J connectivity index is 1.24. The molecule has 256 valence electrons. The molecule has 2 bridgehead atoms. The Hall–Kier alpha value is -6.08. The zero-order valence-corrected chi connectivity index (χ0v) is 30.8. The fourth-order valence-corrected chi connectivity index (χ4v) is 10.4. The number of allylic oxidation sites excluding steroid dienone is 17. The van der Waals surface area contributed by atoms with Crippen LogP contribution < -0.4 is 0 Å². The summed E-state index contributed by atoms with van der Waals surface area (Å²) in [6, 6.07) is 26.9. The lowest BCUT2D eigenvalue weighted by Gasteiger charge is -2.23. The first kappa shape index (κ1) is 31.4. The first-order chi connectivity index (χ1) is 26.8. The number of aromatic nitrogens is 4. The van der Waals surface area contributed by atoms with Crippen molar-refractivity contribution in [2.45, 2.75) is 23.7 Å². The molecule has 7 aromatic rings. The van der Waals surface area contributed by atoms with E-state index >= 15 is 0 Å². The number of fused-ring (bicyclic) bond motifs is 10. The van der Waals surface area contributed by atoms with Crippen LogP contribution >= 0.6 is 23.1 Å². The van der Waals surface area contributed by atoms with Crippen LogP contribution in [0.5, 0.6) is 0 Å². The fraction of sp³-hybridized carbons (Fsp3) is 0.0625. The van der Waals surface area contributed by atoms with E-state index in [1.807, 2.05) is 23.1 Å². The average Bonchev–Trinajstić information content (AvgIpc) is 3.39. The van der Waals surface area contributed by atoms with Crippen molar-refractivity contribution in [1.82, 2.24) is 19.5 Å². The van der Waals surface area contributed by atoms with Crippen molar-refractivity contribution >= 4 is 76.2 Å². The molecule has 0 fully saturated rings. The van der Waals surface area contributed by atoms with Crippen LogP contribution in [0.2, 0.25) is 0 Å². The molecule has 4 nitrogen and oxygen atoms in total. The molecule has 3 aliphatic carbocycles. The average molecular weight is 729 g/mol. The number of benzene rings is 4. The van der Waals surface area contributed by atoms with E-state index in [4.69, 9.17) is 15.0 Å². The van der Waals surface area contributed by atoms with Gasteiger partial charge in [0.25, 0.3) is 0 Å². The number of hydrogen-bond acceptors (Lipinski definition) is 5. The maximum absolute atomic E-state index is 5.32. The molecule has 1 unspecified atom stereocenters. The summed E-state index contributed by atoms with van der Waals surface area (Å²) in [5, 5.41) is 4.94. The van der Waals surface area contributed by atoms with Gasteiger partial charge in [-0.25, -0.2) is 15.0 Å². The Morgan fingerprint density at radius 2 is 1.56 bits per heavy atom. The Kier molecular flexibility index (Phi) is 7.45. The Morgan fingerprint density at radius 3 is 2.54 bits per heavy atom. The Bertz CT molecular complexity index is 3030. The van der Waals surface area contributed by atoms with Crippen LogP contribution in [-0.2, 0) is 0 Å². The van der Waals surface area contributed by atoms with Gasteiger partial charge in [-0.2, -0.15) is 0 Å². The van der Waals surface area contributed by atoms with Gasteiger partial charge >= 0.3 is 0 Å². The zero-order chi connectivity index (χ0) is 35.6. The highest BCUT2D eigenvalue weighted by molar-refractivity contribution is 8.03. The van der Waals surface area contributed by atoms with Gasteiger partial charge in [0.1, 0.15) is 0 Å². The summed E-state index contributed by atoms with van der Waals surface area (Å²) < 4.78 is 4.91. The van der Waals surface area contributed by atoms with Crippen LogP contribution in [0, 0.1) is 0 Å². The summed E-state index contributed by atoms with van der Waals surface area (Å²) in [5.41, 5.74) is 7.92. The third-order valence-electron chi connectivity index (χ3n) is 10.5. The predicted molar refractivity (Wildman–Crippen MR) is 229 cm³/mol. The first-order valence-electron chi connectivity index (χ1n) is 18.4. The van der Waals surface area contributed by atoms with Gasteiger partial charge in [0.05, 0.1) is 11.0 Å². The minimum absolute atomic E-state index is 0.169. The summed E-state index contributed by atoms with van der Waals surface area (Å²) in [6.07, 6.45) is 34.1. The van der Waals surface area contributed by atoms with Crippen LogP contribution in [0.25, 0.3) is 70.2 Å². The third-order valence-corrected chi connectivity index (χ3v) is 12.9. The minimum Gasteiger partial charge on any atom is -0.309 e. The van der Waals surface area contributed by atoms with E-state index in [-0.39, 0.29) is 5.92 Å². The van der Waals surface area contributed by atoms with Gasteiger partial charge in [0.15, 0.2) is 17.5 Å². The van der Waals surface area contributed by atoms with Crippen LogP contribution in [-0.4, -0.2) is 19.5 Å². The molecule has 0 N–H and O–H groups in total. The molecule has 4 aromatic carbocycles.